The van der Waals surface area contributed by atoms with Crippen molar-refractivity contribution in [1.82, 2.24) is 20.0 Å². The molecule has 16 nitrogen and oxygen atoms in total. The highest BCUT2D eigenvalue weighted by Crippen LogP contribution is 2.44. The Balaban J connectivity index is 0.00000139. The second kappa shape index (κ2) is 19.4. The van der Waals surface area contributed by atoms with Crippen LogP contribution in [0.5, 0.6) is 0 Å². The quantitative estimate of drug-likeness (QED) is 0.0542. The van der Waals surface area contributed by atoms with E-state index in [1.54, 1.807) is 36.4 Å². The zero-order chi connectivity index (χ0) is 44.1. The minimum atomic E-state index is -0.554. The summed E-state index contributed by atoms with van der Waals surface area (Å²) < 4.78 is 0. The highest BCUT2D eigenvalue weighted by molar-refractivity contribution is 6.29. The van der Waals surface area contributed by atoms with E-state index < -0.39 is 33.5 Å². The standard InChI is InChI=1S/C42H46N8O8.C4H10/c1-44(23-24-48-40(52)30-14-9-12-28-36(30)32(42(48)54)26-34(50(57)58)38(28)46-20-6-3-7-21-46)17-10-15-43-16-22-47-39(51)29-13-8-11-27-35(29)31(41(47)53)25-33(49(55)56)37(27)45-18-4-2-5-19-45;1-3-4-2/h8-9,11-14,25-26,43H,2-7,10,15-24H2,1H3;3-4H2,1-2H3. The maximum atomic E-state index is 13.8. The SMILES string of the molecule is CCCC.CN(CCCNCCN1C(=O)c2cccc3c(N4CCCCC4)c([N+](=O)[O-])cc(c23)C1=O)CCN1C(=O)c2cccc3c(N4CCCCC4)c([N+](=O)[O-])cc(c23)C1=O. The molecular weight excluding hydrogens is 793 g/mol. The first-order valence-electron chi connectivity index (χ1n) is 22.1. The number of amides is 4. The monoisotopic (exact) mass is 848 g/mol. The Hall–Kier alpha value is -6.00. The van der Waals surface area contributed by atoms with E-state index in [2.05, 4.69) is 19.2 Å². The van der Waals surface area contributed by atoms with Crippen molar-refractivity contribution in [2.24, 2.45) is 0 Å². The minimum Gasteiger partial charge on any atom is -0.365 e. The zero-order valence-corrected chi connectivity index (χ0v) is 36.0. The number of hydrogen-bond donors (Lipinski definition) is 1. The third-order valence-corrected chi connectivity index (χ3v) is 12.5. The van der Waals surface area contributed by atoms with Gasteiger partial charge in [-0.2, -0.15) is 0 Å². The largest absolute Gasteiger partial charge is 0.365 e. The number of rotatable bonds is 15. The van der Waals surface area contributed by atoms with E-state index in [1.807, 2.05) is 21.7 Å². The fourth-order valence-electron chi connectivity index (χ4n) is 9.13. The molecule has 8 rings (SSSR count). The van der Waals surface area contributed by atoms with Crippen LogP contribution >= 0.6 is 0 Å². The number of anilines is 2. The maximum absolute atomic E-state index is 13.8. The molecule has 0 aromatic heterocycles. The first-order valence-corrected chi connectivity index (χ1v) is 22.1. The maximum Gasteiger partial charge on any atom is 0.293 e. The fourth-order valence-corrected chi connectivity index (χ4v) is 9.13. The first kappa shape index (κ1) is 44.1. The molecule has 0 aliphatic carbocycles. The van der Waals surface area contributed by atoms with Crippen LogP contribution < -0.4 is 15.1 Å². The molecule has 4 aromatic carbocycles. The summed E-state index contributed by atoms with van der Waals surface area (Å²) in [7, 11) is 1.88. The average Bonchev–Trinajstić information content (AvgIpc) is 3.29. The molecule has 2 saturated heterocycles. The van der Waals surface area contributed by atoms with Gasteiger partial charge in [-0.1, -0.05) is 51.0 Å². The van der Waals surface area contributed by atoms with Gasteiger partial charge in [0, 0.05) is 97.2 Å². The molecule has 0 spiro atoms. The van der Waals surface area contributed by atoms with Crippen LogP contribution in [0.15, 0.2) is 48.5 Å². The molecule has 4 aliphatic heterocycles. The van der Waals surface area contributed by atoms with Gasteiger partial charge in [-0.05, 0) is 77.2 Å². The molecule has 16 heteroatoms. The van der Waals surface area contributed by atoms with Gasteiger partial charge in [0.15, 0.2) is 0 Å². The number of nitro groups is 2. The minimum absolute atomic E-state index is 0.0795. The van der Waals surface area contributed by atoms with Gasteiger partial charge in [0.2, 0.25) is 0 Å². The third-order valence-electron chi connectivity index (χ3n) is 12.5. The van der Waals surface area contributed by atoms with Crippen LogP contribution in [0.3, 0.4) is 0 Å². The van der Waals surface area contributed by atoms with E-state index in [9.17, 15) is 39.4 Å². The molecule has 0 atom stereocenters. The summed E-state index contributed by atoms with van der Waals surface area (Å²) in [5, 5.41) is 29.9. The first-order chi connectivity index (χ1) is 30.0. The summed E-state index contributed by atoms with van der Waals surface area (Å²) in [6.07, 6.45) is 9.08. The van der Waals surface area contributed by atoms with Gasteiger partial charge >= 0.3 is 0 Å². The molecule has 2 fully saturated rings. The number of carbonyl (C=O) groups excluding carboxylic acids is 4. The lowest BCUT2D eigenvalue weighted by molar-refractivity contribution is -0.384. The average molecular weight is 849 g/mol. The predicted molar refractivity (Wildman–Crippen MR) is 240 cm³/mol. The second-order valence-corrected chi connectivity index (χ2v) is 16.6. The molecule has 0 radical (unpaired) electrons. The lowest BCUT2D eigenvalue weighted by Crippen LogP contribution is -2.45. The van der Waals surface area contributed by atoms with Crippen LogP contribution in [0.4, 0.5) is 22.7 Å². The lowest BCUT2D eigenvalue weighted by Gasteiger charge is -2.32. The molecule has 4 aromatic rings. The van der Waals surface area contributed by atoms with Gasteiger partial charge in [0.25, 0.3) is 35.0 Å². The Morgan fingerprint density at radius 3 is 1.47 bits per heavy atom. The summed E-state index contributed by atoms with van der Waals surface area (Å²) in [4.78, 5) is 87.0. The van der Waals surface area contributed by atoms with E-state index in [1.165, 1.54) is 29.9 Å². The van der Waals surface area contributed by atoms with Crippen molar-refractivity contribution in [2.75, 3.05) is 82.3 Å². The van der Waals surface area contributed by atoms with Crippen LogP contribution in [0.2, 0.25) is 0 Å². The summed E-state index contributed by atoms with van der Waals surface area (Å²) in [5.41, 5.74) is 1.71. The molecule has 4 amide bonds. The second-order valence-electron chi connectivity index (χ2n) is 16.6. The molecule has 4 heterocycles. The van der Waals surface area contributed by atoms with E-state index in [0.29, 0.717) is 103 Å². The Morgan fingerprint density at radius 2 is 1.03 bits per heavy atom. The van der Waals surface area contributed by atoms with Crippen molar-refractivity contribution in [3.05, 3.63) is 91.0 Å². The third kappa shape index (κ3) is 8.58. The van der Waals surface area contributed by atoms with Gasteiger partial charge in [-0.15, -0.1) is 0 Å². The Bertz CT molecular complexity index is 2410. The van der Waals surface area contributed by atoms with E-state index in [0.717, 1.165) is 43.4 Å². The zero-order valence-electron chi connectivity index (χ0n) is 36.0. The topological polar surface area (TPSA) is 183 Å². The number of hydrogen-bond acceptors (Lipinski definition) is 12. The van der Waals surface area contributed by atoms with E-state index >= 15 is 0 Å². The molecule has 1 N–H and O–H groups in total. The van der Waals surface area contributed by atoms with Gasteiger partial charge in [0.05, 0.1) is 21.0 Å². The van der Waals surface area contributed by atoms with Gasteiger partial charge in [-0.3, -0.25) is 49.2 Å². The van der Waals surface area contributed by atoms with Crippen molar-refractivity contribution in [3.8, 4) is 0 Å². The summed E-state index contributed by atoms with van der Waals surface area (Å²) in [5.74, 6) is -1.95. The van der Waals surface area contributed by atoms with Gasteiger partial charge in [-0.25, -0.2) is 0 Å². The molecule has 62 heavy (non-hydrogen) atoms. The van der Waals surface area contributed by atoms with Crippen LogP contribution in [0.25, 0.3) is 21.5 Å². The van der Waals surface area contributed by atoms with Crippen molar-refractivity contribution in [1.29, 1.82) is 0 Å². The molecule has 4 aliphatic rings. The van der Waals surface area contributed by atoms with Crippen molar-refractivity contribution in [2.45, 2.75) is 71.6 Å². The number of nitrogens with one attached hydrogen (secondary N) is 1. The molecule has 0 bridgehead atoms. The van der Waals surface area contributed by atoms with Crippen molar-refractivity contribution < 1.29 is 29.0 Å². The Kier molecular flexibility index (Phi) is 13.8. The van der Waals surface area contributed by atoms with Gasteiger partial charge < -0.3 is 20.0 Å². The number of nitro benzene ring substituents is 2. The number of benzene rings is 4. The predicted octanol–water partition coefficient (Wildman–Crippen LogP) is 7.40. The number of nitrogens with zero attached hydrogens (tertiary/aromatic N) is 7. The van der Waals surface area contributed by atoms with Crippen LogP contribution in [-0.2, 0) is 0 Å². The Labute approximate surface area is 361 Å². The van der Waals surface area contributed by atoms with Crippen molar-refractivity contribution >= 4 is 67.9 Å². The normalized spacial score (nSPS) is 16.4. The van der Waals surface area contributed by atoms with Crippen LogP contribution in [0, 0.1) is 20.2 Å². The van der Waals surface area contributed by atoms with Crippen LogP contribution in [0.1, 0.15) is 113 Å². The highest BCUT2D eigenvalue weighted by Gasteiger charge is 2.39. The molecule has 0 unspecified atom stereocenters. The Morgan fingerprint density at radius 1 is 0.597 bits per heavy atom. The molecule has 328 valence electrons. The number of unbranched alkanes of at least 4 members (excludes halogenated alkanes) is 1. The molecular formula is C46H56N8O8. The van der Waals surface area contributed by atoms with Gasteiger partial charge in [0.1, 0.15) is 11.4 Å². The lowest BCUT2D eigenvalue weighted by atomic mass is 9.91. The van der Waals surface area contributed by atoms with Crippen molar-refractivity contribution in [3.63, 3.8) is 0 Å². The number of imide groups is 2. The summed E-state index contributed by atoms with van der Waals surface area (Å²) in [6.45, 7) is 9.09. The smallest absolute Gasteiger partial charge is 0.293 e. The van der Waals surface area contributed by atoms with Crippen LogP contribution in [-0.4, -0.2) is 121 Å². The highest BCUT2D eigenvalue weighted by atomic mass is 16.6. The number of carbonyl (C=O) groups is 4. The fraction of sp³-hybridized carbons (Fsp3) is 0.478. The summed E-state index contributed by atoms with van der Waals surface area (Å²) >= 11 is 0. The summed E-state index contributed by atoms with van der Waals surface area (Å²) in [6, 6.07) is 13.0. The number of likely N-dealkylation sites (N-methyl/N-ethyl adjacent to an activating group) is 1. The molecule has 0 saturated carbocycles. The van der Waals surface area contributed by atoms with E-state index in [4.69, 9.17) is 0 Å². The van der Waals surface area contributed by atoms with E-state index in [-0.39, 0.29) is 35.6 Å². The number of piperidine rings is 2.